The van der Waals surface area contributed by atoms with E-state index in [9.17, 15) is 18.0 Å². The Kier molecular flexibility index (Phi) is 6.66. The van der Waals surface area contributed by atoms with Crippen molar-refractivity contribution in [2.45, 2.75) is 37.5 Å². The number of aromatic nitrogens is 1. The first kappa shape index (κ1) is 20.7. The van der Waals surface area contributed by atoms with Gasteiger partial charge < -0.3 is 9.64 Å². The fourth-order valence-corrected chi connectivity index (χ4v) is 5.31. The van der Waals surface area contributed by atoms with Crippen molar-refractivity contribution < 1.29 is 22.7 Å². The van der Waals surface area contributed by atoms with Crippen molar-refractivity contribution in [1.82, 2.24) is 14.2 Å². The lowest BCUT2D eigenvalue weighted by atomic mass is 9.93. The summed E-state index contributed by atoms with van der Waals surface area (Å²) in [5, 5.41) is 0. The second-order valence-electron chi connectivity index (χ2n) is 7.24. The molecule has 2 fully saturated rings. The van der Waals surface area contributed by atoms with Crippen LogP contribution in [0.15, 0.2) is 29.4 Å². The minimum Gasteiger partial charge on any atom is -0.466 e. The Morgan fingerprint density at radius 3 is 2.57 bits per heavy atom. The zero-order valence-electron chi connectivity index (χ0n) is 16.1. The van der Waals surface area contributed by atoms with E-state index in [4.69, 9.17) is 4.74 Å². The number of nitrogens with zero attached hydrogens (tertiary/aromatic N) is 3. The predicted molar refractivity (Wildman–Crippen MR) is 102 cm³/mol. The van der Waals surface area contributed by atoms with E-state index < -0.39 is 10.0 Å². The number of likely N-dealkylation sites (tertiary alicyclic amines) is 1. The van der Waals surface area contributed by atoms with Crippen molar-refractivity contribution in [3.05, 3.63) is 24.5 Å². The van der Waals surface area contributed by atoms with Crippen molar-refractivity contribution in [3.63, 3.8) is 0 Å². The lowest BCUT2D eigenvalue weighted by Gasteiger charge is -2.36. The molecule has 0 N–H and O–H groups in total. The molecule has 0 aliphatic carbocycles. The topological polar surface area (TPSA) is 96.9 Å². The molecule has 2 saturated heterocycles. The highest BCUT2D eigenvalue weighted by Gasteiger charge is 2.36. The van der Waals surface area contributed by atoms with E-state index in [2.05, 4.69) is 4.98 Å². The lowest BCUT2D eigenvalue weighted by molar-refractivity contribution is -0.152. The maximum Gasteiger partial charge on any atom is 0.310 e. The maximum atomic E-state index is 12.9. The number of piperidine rings is 2. The molecule has 2 aliphatic heterocycles. The minimum absolute atomic E-state index is 0.0208. The Bertz CT molecular complexity index is 791. The van der Waals surface area contributed by atoms with Crippen LogP contribution in [0.4, 0.5) is 0 Å². The molecule has 0 saturated carbocycles. The summed E-state index contributed by atoms with van der Waals surface area (Å²) in [6.07, 6.45) is 5.37. The van der Waals surface area contributed by atoms with Gasteiger partial charge in [0, 0.05) is 44.5 Å². The molecule has 2 aliphatic rings. The Morgan fingerprint density at radius 2 is 1.93 bits per heavy atom. The summed E-state index contributed by atoms with van der Waals surface area (Å²) < 4.78 is 31.9. The van der Waals surface area contributed by atoms with Gasteiger partial charge in [-0.2, -0.15) is 4.31 Å². The van der Waals surface area contributed by atoms with Crippen LogP contribution in [0.1, 0.15) is 32.6 Å². The third-order valence-corrected chi connectivity index (χ3v) is 7.31. The van der Waals surface area contributed by atoms with Crippen LogP contribution in [0.5, 0.6) is 0 Å². The third-order valence-electron chi connectivity index (χ3n) is 5.43. The number of carbonyl (C=O) groups excluding carboxylic acids is 2. The normalized spacial score (nSPS) is 22.0. The number of ether oxygens (including phenoxy) is 1. The van der Waals surface area contributed by atoms with Crippen LogP contribution in [-0.2, 0) is 24.3 Å². The van der Waals surface area contributed by atoms with Crippen LogP contribution in [-0.4, -0.2) is 67.3 Å². The molecule has 0 unspecified atom stereocenters. The van der Waals surface area contributed by atoms with E-state index in [1.165, 1.54) is 22.8 Å². The average molecular weight is 410 g/mol. The predicted octanol–water partition coefficient (Wildman–Crippen LogP) is 1.28. The van der Waals surface area contributed by atoms with Crippen LogP contribution < -0.4 is 0 Å². The molecule has 1 aromatic rings. The minimum atomic E-state index is -3.58. The maximum absolute atomic E-state index is 12.9. The van der Waals surface area contributed by atoms with Gasteiger partial charge in [0.1, 0.15) is 4.90 Å². The number of pyridine rings is 1. The van der Waals surface area contributed by atoms with Gasteiger partial charge in [0.2, 0.25) is 15.9 Å². The molecule has 1 aromatic heterocycles. The van der Waals surface area contributed by atoms with Gasteiger partial charge in [-0.25, -0.2) is 8.42 Å². The Balaban J connectivity index is 1.57. The van der Waals surface area contributed by atoms with Gasteiger partial charge in [-0.1, -0.05) is 0 Å². The molecule has 1 amide bonds. The van der Waals surface area contributed by atoms with Crippen molar-refractivity contribution in [3.8, 4) is 0 Å². The number of hydrogen-bond donors (Lipinski definition) is 0. The van der Waals surface area contributed by atoms with Gasteiger partial charge >= 0.3 is 5.97 Å². The van der Waals surface area contributed by atoms with E-state index >= 15 is 0 Å². The molecule has 28 heavy (non-hydrogen) atoms. The second kappa shape index (κ2) is 9.00. The van der Waals surface area contributed by atoms with Crippen molar-refractivity contribution in [2.75, 3.05) is 32.8 Å². The molecule has 0 bridgehead atoms. The molecule has 3 rings (SSSR count). The van der Waals surface area contributed by atoms with Gasteiger partial charge in [0.05, 0.1) is 12.5 Å². The van der Waals surface area contributed by atoms with E-state index in [0.717, 1.165) is 12.8 Å². The van der Waals surface area contributed by atoms with E-state index in [1.807, 2.05) is 0 Å². The lowest BCUT2D eigenvalue weighted by Crippen LogP contribution is -2.48. The van der Waals surface area contributed by atoms with Crippen LogP contribution >= 0.6 is 0 Å². The van der Waals surface area contributed by atoms with E-state index in [-0.39, 0.29) is 28.6 Å². The SMILES string of the molecule is CCOC(=O)[C@@H]1CCCN(C(=O)C2CCN(S(=O)(=O)c3cccnc3)CC2)C1. The van der Waals surface area contributed by atoms with Crippen molar-refractivity contribution in [2.24, 2.45) is 11.8 Å². The van der Waals surface area contributed by atoms with Gasteiger partial charge in [-0.15, -0.1) is 0 Å². The molecule has 3 heterocycles. The summed E-state index contributed by atoms with van der Waals surface area (Å²) in [4.78, 5) is 30.7. The molecular formula is C19H27N3O5S. The molecule has 0 spiro atoms. The highest BCUT2D eigenvalue weighted by atomic mass is 32.2. The van der Waals surface area contributed by atoms with Crippen molar-refractivity contribution >= 4 is 21.9 Å². The number of rotatable bonds is 5. The number of amides is 1. The molecule has 1 atom stereocenters. The largest absolute Gasteiger partial charge is 0.466 e. The fourth-order valence-electron chi connectivity index (χ4n) is 3.88. The number of sulfonamides is 1. The Hall–Kier alpha value is -2.00. The fraction of sp³-hybridized carbons (Fsp3) is 0.632. The molecule has 0 radical (unpaired) electrons. The van der Waals surface area contributed by atoms with Crippen LogP contribution in [0.3, 0.4) is 0 Å². The second-order valence-corrected chi connectivity index (χ2v) is 9.18. The number of esters is 1. The zero-order valence-corrected chi connectivity index (χ0v) is 16.9. The molecule has 154 valence electrons. The molecule has 0 aromatic carbocycles. The number of carbonyl (C=O) groups is 2. The first-order valence-electron chi connectivity index (χ1n) is 9.79. The van der Waals surface area contributed by atoms with Crippen LogP contribution in [0.2, 0.25) is 0 Å². The van der Waals surface area contributed by atoms with Crippen molar-refractivity contribution in [1.29, 1.82) is 0 Å². The van der Waals surface area contributed by atoms with E-state index in [1.54, 1.807) is 17.9 Å². The Labute approximate surface area is 165 Å². The Morgan fingerprint density at radius 1 is 1.18 bits per heavy atom. The summed E-state index contributed by atoms with van der Waals surface area (Å²) in [5.74, 6) is -0.685. The summed E-state index contributed by atoms with van der Waals surface area (Å²) in [6.45, 7) is 3.77. The quantitative estimate of drug-likeness (QED) is 0.680. The number of hydrogen-bond acceptors (Lipinski definition) is 6. The monoisotopic (exact) mass is 409 g/mol. The summed E-state index contributed by atoms with van der Waals surface area (Å²) >= 11 is 0. The standard InChI is InChI=1S/C19H27N3O5S/c1-2-27-19(24)16-5-4-10-21(14-16)18(23)15-7-11-22(12-8-15)28(25,26)17-6-3-9-20-13-17/h3,6,9,13,15-16H,2,4-5,7-8,10-12,14H2,1H3/t16-/m1/s1. The van der Waals surface area contributed by atoms with Gasteiger partial charge in [-0.05, 0) is 44.7 Å². The summed E-state index contributed by atoms with van der Waals surface area (Å²) in [7, 11) is -3.58. The highest BCUT2D eigenvalue weighted by molar-refractivity contribution is 7.89. The third kappa shape index (κ3) is 4.52. The smallest absolute Gasteiger partial charge is 0.310 e. The van der Waals surface area contributed by atoms with E-state index in [0.29, 0.717) is 45.6 Å². The van der Waals surface area contributed by atoms with Gasteiger partial charge in [0.15, 0.2) is 0 Å². The highest BCUT2D eigenvalue weighted by Crippen LogP contribution is 2.27. The molecular weight excluding hydrogens is 382 g/mol. The van der Waals surface area contributed by atoms with Crippen LogP contribution in [0, 0.1) is 11.8 Å². The van der Waals surface area contributed by atoms with Gasteiger partial charge in [0.25, 0.3) is 0 Å². The summed E-state index contributed by atoms with van der Waals surface area (Å²) in [5.41, 5.74) is 0. The van der Waals surface area contributed by atoms with Gasteiger partial charge in [-0.3, -0.25) is 14.6 Å². The average Bonchev–Trinajstić information content (AvgIpc) is 2.74. The van der Waals surface area contributed by atoms with Crippen LogP contribution in [0.25, 0.3) is 0 Å². The zero-order chi connectivity index (χ0) is 20.1. The first-order valence-corrected chi connectivity index (χ1v) is 11.2. The first-order chi connectivity index (χ1) is 13.4. The molecule has 9 heteroatoms. The molecule has 8 nitrogen and oxygen atoms in total. The summed E-state index contributed by atoms with van der Waals surface area (Å²) in [6, 6.07) is 3.13.